The van der Waals surface area contributed by atoms with Crippen LogP contribution in [0.3, 0.4) is 0 Å². The average Bonchev–Trinajstić information content (AvgIpc) is 3.19. The van der Waals surface area contributed by atoms with Crippen molar-refractivity contribution in [3.63, 3.8) is 0 Å². The number of piperidine rings is 1. The largest absolute Gasteiger partial charge is 0.366 e. The van der Waals surface area contributed by atoms with E-state index in [0.717, 1.165) is 71.5 Å². The van der Waals surface area contributed by atoms with Crippen LogP contribution < -0.4 is 16.9 Å². The van der Waals surface area contributed by atoms with Crippen LogP contribution in [0, 0.1) is 17.7 Å². The number of hydrogen-bond donors (Lipinski definition) is 3. The van der Waals surface area contributed by atoms with Gasteiger partial charge in [0.1, 0.15) is 5.82 Å². The van der Waals surface area contributed by atoms with Crippen molar-refractivity contribution in [3.05, 3.63) is 70.5 Å². The topological polar surface area (TPSA) is 162 Å². The summed E-state index contributed by atoms with van der Waals surface area (Å²) < 4.78 is 14.9. The molecule has 0 aromatic heterocycles. The van der Waals surface area contributed by atoms with Crippen LogP contribution in [0.5, 0.6) is 0 Å². The number of piperazine rings is 2. The Bertz CT molecular complexity index is 1640. The Kier molecular flexibility index (Phi) is 12.9. The van der Waals surface area contributed by atoms with Gasteiger partial charge in [-0.05, 0) is 80.4 Å². The van der Waals surface area contributed by atoms with Crippen molar-refractivity contribution in [3.8, 4) is 0 Å². The van der Waals surface area contributed by atoms with Gasteiger partial charge in [-0.1, -0.05) is 37.5 Å². The van der Waals surface area contributed by atoms with E-state index >= 15 is 0 Å². The number of likely N-dealkylation sites (tertiary alicyclic amines) is 1. The first-order valence-electron chi connectivity index (χ1n) is 19.4. The van der Waals surface area contributed by atoms with Crippen LogP contribution in [0.15, 0.2) is 42.5 Å². The number of rotatable bonds is 11. The lowest BCUT2D eigenvalue weighted by Gasteiger charge is -2.40. The predicted molar refractivity (Wildman–Crippen MR) is 200 cm³/mol. The minimum Gasteiger partial charge on any atom is -0.366 e. The highest BCUT2D eigenvalue weighted by atomic mass is 19.1. The zero-order valence-electron chi connectivity index (χ0n) is 30.9. The van der Waals surface area contributed by atoms with E-state index in [0.29, 0.717) is 67.0 Å². The van der Waals surface area contributed by atoms with E-state index in [-0.39, 0.29) is 29.8 Å². The van der Waals surface area contributed by atoms with E-state index in [1.807, 2.05) is 4.90 Å². The van der Waals surface area contributed by atoms with Gasteiger partial charge in [-0.15, -0.1) is 0 Å². The molecule has 1 aliphatic carbocycles. The number of benzene rings is 2. The molecular weight excluding hydrogens is 675 g/mol. The first kappa shape index (κ1) is 38.5. The van der Waals surface area contributed by atoms with E-state index in [9.17, 15) is 23.6 Å². The SMILES string of the molecule is NC(=O)c1ccccc1C(=[NH2+])Cc1ccc(F)c(C(=O)N2CCN(C(=O)CN3CCC(CN4CCN(C(=O)[C@H](N)C5CCCCC5)CC4)CC3)CC2)c1. The number of amides is 4. The summed E-state index contributed by atoms with van der Waals surface area (Å²) in [5, 5.41) is 6.33. The summed E-state index contributed by atoms with van der Waals surface area (Å²) in [6.07, 6.45) is 8.05. The molecule has 4 fully saturated rings. The lowest BCUT2D eigenvalue weighted by atomic mass is 9.83. The highest BCUT2D eigenvalue weighted by Crippen LogP contribution is 2.27. The summed E-state index contributed by atoms with van der Waals surface area (Å²) in [4.78, 5) is 61.7. The molecule has 2 aromatic carbocycles. The summed E-state index contributed by atoms with van der Waals surface area (Å²) in [6, 6.07) is 10.8. The molecule has 2 aromatic rings. The van der Waals surface area contributed by atoms with Crippen molar-refractivity contribution < 1.29 is 29.0 Å². The molecule has 0 radical (unpaired) electrons. The Hall–Kier alpha value is -4.20. The normalized spacial score (nSPS) is 20.3. The van der Waals surface area contributed by atoms with Crippen molar-refractivity contribution in [1.82, 2.24) is 24.5 Å². The third-order valence-electron chi connectivity index (χ3n) is 11.8. The third-order valence-corrected chi connectivity index (χ3v) is 11.8. The fraction of sp³-hybridized carbons (Fsp3) is 0.575. The Morgan fingerprint density at radius 3 is 2.02 bits per heavy atom. The van der Waals surface area contributed by atoms with Crippen LogP contribution >= 0.6 is 0 Å². The van der Waals surface area contributed by atoms with Gasteiger partial charge in [-0.25, -0.2) is 4.39 Å². The molecule has 0 bridgehead atoms. The molecular formula is C40H56FN8O4+. The summed E-state index contributed by atoms with van der Waals surface area (Å²) >= 11 is 0. The monoisotopic (exact) mass is 731 g/mol. The molecule has 3 aliphatic heterocycles. The number of primary amides is 1. The lowest BCUT2D eigenvalue weighted by Crippen LogP contribution is -2.56. The highest BCUT2D eigenvalue weighted by molar-refractivity contribution is 6.08. The van der Waals surface area contributed by atoms with E-state index in [1.165, 1.54) is 31.4 Å². The van der Waals surface area contributed by atoms with Crippen molar-refractivity contribution in [2.45, 2.75) is 57.4 Å². The Balaban J connectivity index is 0.904. The number of halogens is 1. The van der Waals surface area contributed by atoms with Gasteiger partial charge in [0.25, 0.3) is 5.91 Å². The molecule has 3 saturated heterocycles. The van der Waals surface area contributed by atoms with E-state index in [4.69, 9.17) is 16.9 Å². The molecule has 1 saturated carbocycles. The summed E-state index contributed by atoms with van der Waals surface area (Å²) in [7, 11) is 0. The van der Waals surface area contributed by atoms with Crippen molar-refractivity contribution in [2.75, 3.05) is 78.5 Å². The quantitative estimate of drug-likeness (QED) is 0.288. The van der Waals surface area contributed by atoms with Gasteiger partial charge in [0.2, 0.25) is 17.7 Å². The van der Waals surface area contributed by atoms with Crippen LogP contribution in [0.4, 0.5) is 4.39 Å². The molecule has 6 rings (SSSR count). The van der Waals surface area contributed by atoms with Gasteiger partial charge in [0, 0.05) is 58.9 Å². The summed E-state index contributed by atoms with van der Waals surface area (Å²) in [5.41, 5.74) is 13.7. The minimum atomic E-state index is -0.622. The average molecular weight is 732 g/mol. The zero-order valence-corrected chi connectivity index (χ0v) is 30.9. The van der Waals surface area contributed by atoms with Crippen molar-refractivity contribution in [2.24, 2.45) is 23.3 Å². The van der Waals surface area contributed by atoms with Crippen LogP contribution in [0.1, 0.15) is 76.8 Å². The molecule has 1 atom stereocenters. The molecule has 0 spiro atoms. The molecule has 6 N–H and O–H groups in total. The first-order chi connectivity index (χ1) is 25.6. The van der Waals surface area contributed by atoms with Gasteiger partial charge >= 0.3 is 0 Å². The smallest absolute Gasteiger partial charge is 0.256 e. The van der Waals surface area contributed by atoms with E-state index in [1.54, 1.807) is 40.1 Å². The molecule has 0 unspecified atom stereocenters. The van der Waals surface area contributed by atoms with Crippen molar-refractivity contribution >= 4 is 29.3 Å². The highest BCUT2D eigenvalue weighted by Gasteiger charge is 2.33. The Morgan fingerprint density at radius 2 is 1.36 bits per heavy atom. The summed E-state index contributed by atoms with van der Waals surface area (Å²) in [6.45, 7) is 7.81. The first-order valence-corrected chi connectivity index (χ1v) is 19.4. The maximum Gasteiger partial charge on any atom is 0.256 e. The van der Waals surface area contributed by atoms with Gasteiger partial charge in [-0.3, -0.25) is 34.4 Å². The fourth-order valence-electron chi connectivity index (χ4n) is 8.51. The number of carbonyl (C=O) groups excluding carboxylic acids is 4. The molecule has 3 heterocycles. The third kappa shape index (κ3) is 9.68. The van der Waals surface area contributed by atoms with Crippen LogP contribution in [-0.4, -0.2) is 138 Å². The summed E-state index contributed by atoms with van der Waals surface area (Å²) in [5.74, 6) is -0.555. The number of nitrogens with two attached hydrogens (primary N) is 3. The maximum absolute atomic E-state index is 14.9. The van der Waals surface area contributed by atoms with E-state index in [2.05, 4.69) is 9.80 Å². The lowest BCUT2D eigenvalue weighted by molar-refractivity contribution is -0.136. The molecule has 4 amide bonds. The standard InChI is InChI=1S/C40H55FN8O4/c41-34-11-10-29(25-35(42)31-8-4-5-9-32(31)38(44)51)24-33(34)39(52)48-22-20-47(21-23-48)36(50)27-45-14-12-28(13-15-45)26-46-16-18-49(19-17-46)40(53)37(43)30-6-2-1-3-7-30/h4-5,8-11,24,28,30,37,42H,1-3,6-7,12-23,25-27,43H2,(H2,44,51)/p+1/t37-/m1/s1. The van der Waals surface area contributed by atoms with Crippen LogP contribution in [0.25, 0.3) is 0 Å². The molecule has 13 heteroatoms. The second-order valence-corrected chi connectivity index (χ2v) is 15.4. The second-order valence-electron chi connectivity index (χ2n) is 15.4. The number of nitrogens with zero attached hydrogens (tertiary/aromatic N) is 5. The fourth-order valence-corrected chi connectivity index (χ4v) is 8.51. The van der Waals surface area contributed by atoms with Gasteiger partial charge in [0.05, 0.1) is 35.7 Å². The minimum absolute atomic E-state index is 0.0460. The van der Waals surface area contributed by atoms with Crippen molar-refractivity contribution in [1.29, 1.82) is 0 Å². The van der Waals surface area contributed by atoms with Gasteiger partial charge in [-0.2, -0.15) is 0 Å². The van der Waals surface area contributed by atoms with Crippen LogP contribution in [-0.2, 0) is 16.0 Å². The molecule has 4 aliphatic rings. The predicted octanol–water partition coefficient (Wildman–Crippen LogP) is 0.764. The second kappa shape index (κ2) is 17.7. The van der Waals surface area contributed by atoms with Gasteiger partial charge < -0.3 is 26.2 Å². The maximum atomic E-state index is 14.9. The van der Waals surface area contributed by atoms with Crippen LogP contribution in [0.2, 0.25) is 0 Å². The number of carbonyl (C=O) groups is 4. The zero-order chi connectivity index (χ0) is 37.5. The Labute approximate surface area is 312 Å². The molecule has 12 nitrogen and oxygen atoms in total. The van der Waals surface area contributed by atoms with Gasteiger partial charge in [0.15, 0.2) is 5.71 Å². The molecule has 286 valence electrons. The van der Waals surface area contributed by atoms with E-state index < -0.39 is 17.6 Å². The number of hydrogen-bond acceptors (Lipinski definition) is 7. The molecule has 53 heavy (non-hydrogen) atoms. The Morgan fingerprint density at radius 1 is 0.736 bits per heavy atom.